The molecule has 0 aromatic heterocycles. The summed E-state index contributed by atoms with van der Waals surface area (Å²) in [5.41, 5.74) is -4.65. The summed E-state index contributed by atoms with van der Waals surface area (Å²) in [5.74, 6) is -2.02. The van der Waals surface area contributed by atoms with Crippen molar-refractivity contribution in [3.8, 4) is 5.75 Å². The Kier molecular flexibility index (Phi) is 4.15. The van der Waals surface area contributed by atoms with Crippen LogP contribution in [0.25, 0.3) is 0 Å². The number of rotatable bonds is 2. The minimum Gasteiger partial charge on any atom is -0.481 e. The number of carboxylic acids is 1. The molecule has 1 aliphatic rings. The first-order valence-electron chi connectivity index (χ1n) is 6.97. The number of carbonyl (C=O) groups is 2. The molecule has 1 unspecified atom stereocenters. The largest absolute Gasteiger partial charge is 0.481 e. The Morgan fingerprint density at radius 2 is 1.83 bits per heavy atom. The summed E-state index contributed by atoms with van der Waals surface area (Å²) >= 11 is 0. The van der Waals surface area contributed by atoms with Crippen molar-refractivity contribution >= 4 is 17.7 Å². The van der Waals surface area contributed by atoms with E-state index in [2.05, 4.69) is 0 Å². The molecule has 0 saturated carbocycles. The summed E-state index contributed by atoms with van der Waals surface area (Å²) in [6, 6.07) is 5.28. The third kappa shape index (κ3) is 3.10. The summed E-state index contributed by atoms with van der Waals surface area (Å²) in [6.07, 6.45) is -7.99. The number of hydrogen-bond donors (Lipinski definition) is 1. The molecule has 1 atom stereocenters. The van der Waals surface area contributed by atoms with Gasteiger partial charge in [0.15, 0.2) is 0 Å². The van der Waals surface area contributed by atoms with E-state index in [9.17, 15) is 22.8 Å². The highest BCUT2D eigenvalue weighted by molar-refractivity contribution is 5.94. The molecule has 1 aromatic carbocycles. The highest BCUT2D eigenvalue weighted by Crippen LogP contribution is 2.51. The van der Waals surface area contributed by atoms with Crippen molar-refractivity contribution in [1.82, 2.24) is 0 Å². The zero-order valence-electron chi connectivity index (χ0n) is 13.2. The van der Waals surface area contributed by atoms with Crippen LogP contribution in [0.3, 0.4) is 0 Å². The Labute approximate surface area is 135 Å². The molecule has 1 aromatic rings. The Bertz CT molecular complexity index is 668. The molecule has 1 aliphatic heterocycles. The number of fused-ring (bicyclic) bond motifs is 1. The molecule has 2 rings (SSSR count). The molecule has 6 nitrogen and oxygen atoms in total. The lowest BCUT2D eigenvalue weighted by Gasteiger charge is -2.37. The predicted octanol–water partition coefficient (Wildman–Crippen LogP) is 3.55. The van der Waals surface area contributed by atoms with Crippen LogP contribution in [-0.4, -0.2) is 34.7 Å². The van der Waals surface area contributed by atoms with Crippen LogP contribution in [0, 0.1) is 0 Å². The normalized spacial score (nSPS) is 20.3. The van der Waals surface area contributed by atoms with E-state index in [-0.39, 0.29) is 16.3 Å². The van der Waals surface area contributed by atoms with E-state index in [0.29, 0.717) is 0 Å². The topological polar surface area (TPSA) is 76.1 Å². The number of amides is 1. The van der Waals surface area contributed by atoms with E-state index >= 15 is 0 Å². The van der Waals surface area contributed by atoms with Crippen molar-refractivity contribution in [2.24, 2.45) is 0 Å². The lowest BCUT2D eigenvalue weighted by molar-refractivity contribution is -0.244. The van der Waals surface area contributed by atoms with Crippen LogP contribution < -0.4 is 9.64 Å². The lowest BCUT2D eigenvalue weighted by Crippen LogP contribution is -2.63. The number of anilines is 1. The maximum absolute atomic E-state index is 13.7. The van der Waals surface area contributed by atoms with Gasteiger partial charge in [0.25, 0.3) is 5.72 Å². The fourth-order valence-electron chi connectivity index (χ4n) is 2.31. The Balaban J connectivity index is 2.61. The maximum Gasteiger partial charge on any atom is 0.449 e. The monoisotopic (exact) mass is 347 g/mol. The van der Waals surface area contributed by atoms with Gasteiger partial charge in [-0.2, -0.15) is 13.2 Å². The molecule has 1 amide bonds. The molecular weight excluding hydrogens is 331 g/mol. The number of nitrogens with zero attached hydrogens (tertiary/aromatic N) is 1. The van der Waals surface area contributed by atoms with Crippen LogP contribution in [0.4, 0.5) is 23.7 Å². The fraction of sp³-hybridized carbons (Fsp3) is 0.467. The van der Waals surface area contributed by atoms with Gasteiger partial charge in [0, 0.05) is 0 Å². The van der Waals surface area contributed by atoms with E-state index in [4.69, 9.17) is 14.6 Å². The molecule has 0 saturated heterocycles. The van der Waals surface area contributed by atoms with Gasteiger partial charge < -0.3 is 14.6 Å². The minimum absolute atomic E-state index is 0.203. The van der Waals surface area contributed by atoms with Gasteiger partial charge in [-0.1, -0.05) is 12.1 Å². The van der Waals surface area contributed by atoms with Crippen molar-refractivity contribution in [3.63, 3.8) is 0 Å². The molecule has 0 radical (unpaired) electrons. The first-order valence-corrected chi connectivity index (χ1v) is 6.97. The average molecular weight is 347 g/mol. The van der Waals surface area contributed by atoms with Crippen LogP contribution >= 0.6 is 0 Å². The van der Waals surface area contributed by atoms with Crippen LogP contribution in [-0.2, 0) is 9.53 Å². The molecule has 1 heterocycles. The number of benzene rings is 1. The third-order valence-electron chi connectivity index (χ3n) is 3.16. The zero-order valence-corrected chi connectivity index (χ0v) is 13.2. The second-order valence-electron chi connectivity index (χ2n) is 6.24. The molecule has 1 N–H and O–H groups in total. The second kappa shape index (κ2) is 5.57. The summed E-state index contributed by atoms with van der Waals surface area (Å²) in [7, 11) is 0. The molecule has 0 fully saturated rings. The number of alkyl halides is 3. The number of carbonyl (C=O) groups excluding carboxylic acids is 1. The fourth-order valence-corrected chi connectivity index (χ4v) is 2.31. The summed E-state index contributed by atoms with van der Waals surface area (Å²) in [6.45, 7) is 4.46. The molecule has 0 spiro atoms. The van der Waals surface area contributed by atoms with Crippen LogP contribution in [0.15, 0.2) is 24.3 Å². The van der Waals surface area contributed by atoms with Crippen LogP contribution in [0.1, 0.15) is 27.2 Å². The molecule has 0 aliphatic carbocycles. The van der Waals surface area contributed by atoms with Gasteiger partial charge in [-0.25, -0.2) is 9.69 Å². The summed E-state index contributed by atoms with van der Waals surface area (Å²) in [4.78, 5) is 23.7. The quantitative estimate of drug-likeness (QED) is 0.885. The summed E-state index contributed by atoms with van der Waals surface area (Å²) in [5, 5.41) is 8.95. The van der Waals surface area contributed by atoms with Crippen molar-refractivity contribution in [2.45, 2.75) is 44.7 Å². The van der Waals surface area contributed by atoms with Gasteiger partial charge in [0.1, 0.15) is 17.8 Å². The van der Waals surface area contributed by atoms with E-state index < -0.39 is 36.0 Å². The third-order valence-corrected chi connectivity index (χ3v) is 3.16. The highest BCUT2D eigenvalue weighted by Gasteiger charge is 2.68. The van der Waals surface area contributed by atoms with E-state index in [1.54, 1.807) is 0 Å². The van der Waals surface area contributed by atoms with Crippen molar-refractivity contribution in [3.05, 3.63) is 24.3 Å². The van der Waals surface area contributed by atoms with E-state index in [1.165, 1.54) is 45.0 Å². The van der Waals surface area contributed by atoms with Crippen LogP contribution in [0.5, 0.6) is 5.75 Å². The first-order chi connectivity index (χ1) is 10.9. The van der Waals surface area contributed by atoms with Gasteiger partial charge >= 0.3 is 18.2 Å². The lowest BCUT2D eigenvalue weighted by atomic mass is 10.1. The Morgan fingerprint density at radius 3 is 2.33 bits per heavy atom. The number of ether oxygens (including phenoxy) is 2. The minimum atomic E-state index is -5.17. The highest BCUT2D eigenvalue weighted by atomic mass is 19.4. The smallest absolute Gasteiger partial charge is 0.449 e. The van der Waals surface area contributed by atoms with E-state index in [0.717, 1.165) is 0 Å². The molecule has 132 valence electrons. The maximum atomic E-state index is 13.7. The number of hydrogen-bond acceptors (Lipinski definition) is 4. The number of aliphatic carboxylic acids is 1. The molecule has 9 heteroatoms. The predicted molar refractivity (Wildman–Crippen MR) is 76.8 cm³/mol. The number of halogens is 3. The first kappa shape index (κ1) is 17.9. The van der Waals surface area contributed by atoms with Gasteiger partial charge in [0.05, 0.1) is 5.69 Å². The Morgan fingerprint density at radius 1 is 1.25 bits per heavy atom. The van der Waals surface area contributed by atoms with Crippen LogP contribution in [0.2, 0.25) is 0 Å². The van der Waals surface area contributed by atoms with Gasteiger partial charge in [-0.3, -0.25) is 4.79 Å². The molecular formula is C15H16F3NO5. The second-order valence-corrected chi connectivity index (χ2v) is 6.24. The number of para-hydroxylation sites is 2. The SMILES string of the molecule is CC(C)(C)OC(=O)N1c2ccccc2OC1(CC(=O)O)C(F)(F)F. The molecule has 24 heavy (non-hydrogen) atoms. The molecule has 0 bridgehead atoms. The van der Waals surface area contributed by atoms with Crippen molar-refractivity contribution in [1.29, 1.82) is 0 Å². The van der Waals surface area contributed by atoms with Gasteiger partial charge in [-0.15, -0.1) is 0 Å². The number of carboxylic acid groups (broad SMARTS) is 1. The van der Waals surface area contributed by atoms with Gasteiger partial charge in [-0.05, 0) is 32.9 Å². The van der Waals surface area contributed by atoms with Gasteiger partial charge in [0.2, 0.25) is 0 Å². The summed E-state index contributed by atoms with van der Waals surface area (Å²) < 4.78 is 51.2. The Hall–Kier alpha value is -2.45. The average Bonchev–Trinajstić information content (AvgIpc) is 2.69. The van der Waals surface area contributed by atoms with Crippen molar-refractivity contribution in [2.75, 3.05) is 4.90 Å². The van der Waals surface area contributed by atoms with Crippen molar-refractivity contribution < 1.29 is 37.3 Å². The standard InChI is InChI=1S/C15H16F3NO5/c1-13(2,3)24-12(22)19-9-6-4-5-7-10(9)23-14(19,8-11(20)21)15(16,17)18/h4-7H,8H2,1-3H3,(H,20,21). The van der Waals surface area contributed by atoms with E-state index in [1.807, 2.05) is 0 Å². The zero-order chi connectivity index (χ0) is 18.3.